The average molecular weight is 294 g/mol. The lowest BCUT2D eigenvalue weighted by Crippen LogP contribution is -2.29. The molecule has 0 aliphatic carbocycles. The van der Waals surface area contributed by atoms with E-state index in [0.717, 1.165) is 4.31 Å². The van der Waals surface area contributed by atoms with Gasteiger partial charge in [-0.25, -0.2) is 8.42 Å². The van der Waals surface area contributed by atoms with E-state index in [-0.39, 0.29) is 18.0 Å². The van der Waals surface area contributed by atoms with Gasteiger partial charge in [0, 0.05) is 18.1 Å². The summed E-state index contributed by atoms with van der Waals surface area (Å²) in [6, 6.07) is 6.59. The largest absolute Gasteiger partial charge is 0.395 e. The summed E-state index contributed by atoms with van der Waals surface area (Å²) in [6.07, 6.45) is 0. The van der Waals surface area contributed by atoms with Crippen molar-refractivity contribution in [3.05, 3.63) is 28.7 Å². The lowest BCUT2D eigenvalue weighted by atomic mass is 10.4. The van der Waals surface area contributed by atoms with E-state index in [1.54, 1.807) is 18.2 Å². The highest BCUT2D eigenvalue weighted by Crippen LogP contribution is 2.23. The van der Waals surface area contributed by atoms with Crippen molar-refractivity contribution in [3.8, 4) is 0 Å². The molecular formula is C9H12BrNO3S. The number of rotatable bonds is 4. The number of aliphatic hydroxyl groups is 1. The second kappa shape index (κ2) is 5.07. The number of aliphatic hydroxyl groups excluding tert-OH is 1. The number of sulfonamides is 1. The molecule has 0 unspecified atom stereocenters. The van der Waals surface area contributed by atoms with Crippen molar-refractivity contribution >= 4 is 26.0 Å². The number of likely N-dealkylation sites (N-methyl/N-ethyl adjacent to an activating group) is 1. The number of hydrogen-bond donors (Lipinski definition) is 1. The monoisotopic (exact) mass is 293 g/mol. The van der Waals surface area contributed by atoms with Crippen molar-refractivity contribution in [3.63, 3.8) is 0 Å². The van der Waals surface area contributed by atoms with Gasteiger partial charge in [0.15, 0.2) is 0 Å². The predicted molar refractivity (Wildman–Crippen MR) is 61.0 cm³/mol. The van der Waals surface area contributed by atoms with E-state index >= 15 is 0 Å². The van der Waals surface area contributed by atoms with E-state index in [2.05, 4.69) is 15.9 Å². The third-order valence-electron chi connectivity index (χ3n) is 1.94. The maximum atomic E-state index is 11.9. The van der Waals surface area contributed by atoms with Crippen LogP contribution in [-0.2, 0) is 10.0 Å². The predicted octanol–water partition coefficient (Wildman–Crippen LogP) is 1.06. The topological polar surface area (TPSA) is 57.6 Å². The fourth-order valence-electron chi connectivity index (χ4n) is 1.08. The van der Waals surface area contributed by atoms with Gasteiger partial charge in [0.2, 0.25) is 10.0 Å². The van der Waals surface area contributed by atoms with Gasteiger partial charge in [-0.05, 0) is 28.1 Å². The van der Waals surface area contributed by atoms with Gasteiger partial charge in [-0.1, -0.05) is 12.1 Å². The summed E-state index contributed by atoms with van der Waals surface area (Å²) >= 11 is 3.18. The summed E-state index contributed by atoms with van der Waals surface area (Å²) in [5.41, 5.74) is 0. The highest BCUT2D eigenvalue weighted by Gasteiger charge is 2.22. The molecule has 1 aromatic carbocycles. The van der Waals surface area contributed by atoms with Crippen molar-refractivity contribution in [2.45, 2.75) is 4.90 Å². The normalized spacial score (nSPS) is 12.0. The van der Waals surface area contributed by atoms with E-state index in [1.807, 2.05) is 0 Å². The molecule has 0 fully saturated rings. The third kappa shape index (κ3) is 2.78. The Bertz CT molecular complexity index is 433. The molecule has 0 aliphatic rings. The molecule has 0 atom stereocenters. The van der Waals surface area contributed by atoms with E-state index in [1.165, 1.54) is 13.1 Å². The first-order valence-corrected chi connectivity index (χ1v) is 6.55. The standard InChI is InChI=1S/C9H12BrNO3S/c1-11(6-7-12)15(13,14)9-5-3-2-4-8(9)10/h2-5,12H,6-7H2,1H3. The highest BCUT2D eigenvalue weighted by atomic mass is 79.9. The van der Waals surface area contributed by atoms with Gasteiger partial charge in [0.05, 0.1) is 11.5 Å². The molecule has 84 valence electrons. The van der Waals surface area contributed by atoms with Crippen molar-refractivity contribution in [2.75, 3.05) is 20.2 Å². The molecule has 6 heteroatoms. The van der Waals surface area contributed by atoms with Gasteiger partial charge in [-0.2, -0.15) is 4.31 Å². The van der Waals surface area contributed by atoms with Gasteiger partial charge < -0.3 is 5.11 Å². The molecular weight excluding hydrogens is 282 g/mol. The van der Waals surface area contributed by atoms with Gasteiger partial charge in [-0.15, -0.1) is 0 Å². The van der Waals surface area contributed by atoms with Crippen LogP contribution in [0.3, 0.4) is 0 Å². The van der Waals surface area contributed by atoms with Crippen LogP contribution in [0.2, 0.25) is 0 Å². The minimum absolute atomic E-state index is 0.0870. The summed E-state index contributed by atoms with van der Waals surface area (Å²) in [5.74, 6) is 0. The Hall–Kier alpha value is -0.430. The molecule has 1 N–H and O–H groups in total. The minimum Gasteiger partial charge on any atom is -0.395 e. The summed E-state index contributed by atoms with van der Waals surface area (Å²) in [4.78, 5) is 0.209. The lowest BCUT2D eigenvalue weighted by molar-refractivity contribution is 0.266. The summed E-state index contributed by atoms with van der Waals surface area (Å²) in [6.45, 7) is -0.107. The van der Waals surface area contributed by atoms with Gasteiger partial charge in [-0.3, -0.25) is 0 Å². The Morgan fingerprint density at radius 3 is 2.53 bits per heavy atom. The van der Waals surface area contributed by atoms with Crippen LogP contribution in [0.1, 0.15) is 0 Å². The first kappa shape index (κ1) is 12.6. The molecule has 0 bridgehead atoms. The fraction of sp³-hybridized carbons (Fsp3) is 0.333. The maximum Gasteiger partial charge on any atom is 0.244 e. The zero-order valence-electron chi connectivity index (χ0n) is 8.22. The van der Waals surface area contributed by atoms with Crippen LogP contribution < -0.4 is 0 Å². The Balaban J connectivity index is 3.12. The Morgan fingerprint density at radius 1 is 1.40 bits per heavy atom. The molecule has 0 heterocycles. The average Bonchev–Trinajstić information content (AvgIpc) is 2.18. The number of benzene rings is 1. The molecule has 0 amide bonds. The molecule has 4 nitrogen and oxygen atoms in total. The Morgan fingerprint density at radius 2 is 2.00 bits per heavy atom. The molecule has 1 aromatic rings. The highest BCUT2D eigenvalue weighted by molar-refractivity contribution is 9.10. The third-order valence-corrected chi connectivity index (χ3v) is 4.81. The van der Waals surface area contributed by atoms with Crippen LogP contribution in [0.4, 0.5) is 0 Å². The summed E-state index contributed by atoms with van der Waals surface area (Å²) < 4.78 is 25.5. The Labute approximate surface area is 97.7 Å². The van der Waals surface area contributed by atoms with Crippen LogP contribution in [0.15, 0.2) is 33.6 Å². The number of hydrogen-bond acceptors (Lipinski definition) is 3. The summed E-state index contributed by atoms with van der Waals surface area (Å²) in [5, 5.41) is 8.70. The van der Waals surface area contributed by atoms with Crippen LogP contribution in [0.5, 0.6) is 0 Å². The minimum atomic E-state index is -3.51. The zero-order chi connectivity index (χ0) is 11.5. The second-order valence-electron chi connectivity index (χ2n) is 2.98. The maximum absolute atomic E-state index is 11.9. The van der Waals surface area contributed by atoms with Crippen molar-refractivity contribution in [1.29, 1.82) is 0 Å². The van der Waals surface area contributed by atoms with E-state index in [4.69, 9.17) is 5.11 Å². The molecule has 0 saturated carbocycles. The van der Waals surface area contributed by atoms with E-state index < -0.39 is 10.0 Å². The second-order valence-corrected chi connectivity index (χ2v) is 5.85. The lowest BCUT2D eigenvalue weighted by Gasteiger charge is -2.16. The molecule has 15 heavy (non-hydrogen) atoms. The van der Waals surface area contributed by atoms with E-state index in [9.17, 15) is 8.42 Å². The SMILES string of the molecule is CN(CCO)S(=O)(=O)c1ccccc1Br. The summed E-state index contributed by atoms with van der Waals surface area (Å²) in [7, 11) is -2.07. The smallest absolute Gasteiger partial charge is 0.244 e. The fourth-order valence-corrected chi connectivity index (χ4v) is 3.20. The van der Waals surface area contributed by atoms with Gasteiger partial charge in [0.1, 0.15) is 0 Å². The molecule has 0 aliphatic heterocycles. The van der Waals surface area contributed by atoms with Gasteiger partial charge >= 0.3 is 0 Å². The van der Waals surface area contributed by atoms with Crippen LogP contribution in [-0.4, -0.2) is 38.0 Å². The molecule has 0 spiro atoms. The molecule has 0 radical (unpaired) electrons. The van der Waals surface area contributed by atoms with E-state index in [0.29, 0.717) is 4.47 Å². The molecule has 0 aromatic heterocycles. The quantitative estimate of drug-likeness (QED) is 0.903. The number of nitrogens with zero attached hydrogens (tertiary/aromatic N) is 1. The Kier molecular flexibility index (Phi) is 4.27. The van der Waals surface area contributed by atoms with Crippen molar-refractivity contribution in [2.24, 2.45) is 0 Å². The van der Waals surface area contributed by atoms with Crippen LogP contribution in [0, 0.1) is 0 Å². The van der Waals surface area contributed by atoms with Crippen LogP contribution in [0.25, 0.3) is 0 Å². The number of halogens is 1. The first-order chi connectivity index (χ1) is 7.00. The van der Waals surface area contributed by atoms with Gasteiger partial charge in [0.25, 0.3) is 0 Å². The van der Waals surface area contributed by atoms with Crippen molar-refractivity contribution in [1.82, 2.24) is 4.31 Å². The molecule has 0 saturated heterocycles. The zero-order valence-corrected chi connectivity index (χ0v) is 10.6. The van der Waals surface area contributed by atoms with Crippen LogP contribution >= 0.6 is 15.9 Å². The first-order valence-electron chi connectivity index (χ1n) is 4.32. The van der Waals surface area contributed by atoms with Crippen molar-refractivity contribution < 1.29 is 13.5 Å². The molecule has 1 rings (SSSR count).